The molecule has 3 N–H and O–H groups in total. The topological polar surface area (TPSA) is 94.1 Å². The molecule has 0 aliphatic heterocycles. The Balaban J connectivity index is 2.19. The molecule has 0 saturated heterocycles. The molecule has 1 aromatic carbocycles. The highest BCUT2D eigenvalue weighted by Crippen LogP contribution is 2.21. The molecule has 0 unspecified atom stereocenters. The number of aryl methyl sites for hydroxylation is 1. The largest absolute Gasteiger partial charge is 0.494 e. The third-order valence-corrected chi connectivity index (χ3v) is 2.45. The number of benzene rings is 1. The van der Waals surface area contributed by atoms with Gasteiger partial charge < -0.3 is 15.2 Å². The number of rotatable bonds is 5. The van der Waals surface area contributed by atoms with Crippen LogP contribution >= 0.6 is 0 Å². The number of ether oxygens (including phenoxy) is 2. The van der Waals surface area contributed by atoms with Gasteiger partial charge in [-0.3, -0.25) is 5.41 Å². The lowest BCUT2D eigenvalue weighted by atomic mass is 10.3. The van der Waals surface area contributed by atoms with Gasteiger partial charge in [0.25, 0.3) is 0 Å². The van der Waals surface area contributed by atoms with E-state index in [1.165, 1.54) is 0 Å². The fraction of sp³-hybridized carbons (Fsp3) is 0.214. The first kappa shape index (κ1) is 13.8. The molecule has 1 aromatic heterocycles. The highest BCUT2D eigenvalue weighted by Gasteiger charge is 2.07. The lowest BCUT2D eigenvalue weighted by Crippen LogP contribution is -2.14. The van der Waals surface area contributed by atoms with Gasteiger partial charge in [-0.15, -0.1) is 0 Å². The Kier molecular flexibility index (Phi) is 4.14. The highest BCUT2D eigenvalue weighted by molar-refractivity contribution is 5.93. The zero-order chi connectivity index (χ0) is 14.5. The van der Waals surface area contributed by atoms with Gasteiger partial charge >= 0.3 is 6.01 Å². The minimum atomic E-state index is -0.118. The Morgan fingerprint density at radius 2 is 1.85 bits per heavy atom. The molecular formula is C14H16N4O2. The first-order valence-electron chi connectivity index (χ1n) is 6.19. The van der Waals surface area contributed by atoms with Gasteiger partial charge in [-0.2, -0.15) is 4.98 Å². The first-order valence-corrected chi connectivity index (χ1v) is 6.19. The molecule has 0 aliphatic rings. The third-order valence-electron chi connectivity index (χ3n) is 2.45. The molecule has 6 heteroatoms. The van der Waals surface area contributed by atoms with Gasteiger partial charge in [0.05, 0.1) is 6.61 Å². The van der Waals surface area contributed by atoms with E-state index in [0.29, 0.717) is 23.7 Å². The predicted molar refractivity (Wildman–Crippen MR) is 75.5 cm³/mol. The van der Waals surface area contributed by atoms with Crippen molar-refractivity contribution in [3.05, 3.63) is 41.7 Å². The molecule has 0 saturated carbocycles. The van der Waals surface area contributed by atoms with E-state index in [1.807, 2.05) is 6.92 Å². The average Bonchev–Trinajstić information content (AvgIpc) is 2.40. The molecular weight excluding hydrogens is 256 g/mol. The molecule has 6 nitrogen and oxygen atoms in total. The van der Waals surface area contributed by atoms with Crippen LogP contribution in [0.5, 0.6) is 17.5 Å². The van der Waals surface area contributed by atoms with Gasteiger partial charge in [-0.25, -0.2) is 4.98 Å². The lowest BCUT2D eigenvalue weighted by molar-refractivity contribution is 0.339. The third kappa shape index (κ3) is 3.44. The van der Waals surface area contributed by atoms with Crippen molar-refractivity contribution in [2.24, 2.45) is 5.73 Å². The Bertz CT molecular complexity index is 611. The van der Waals surface area contributed by atoms with Crippen LogP contribution in [0.2, 0.25) is 0 Å². The SMILES string of the molecule is CCOc1ccc(Oc2nc(C)cc(C(=N)N)n2)cc1. The van der Waals surface area contributed by atoms with Crippen LogP contribution in [0.1, 0.15) is 18.3 Å². The number of amidine groups is 1. The van der Waals surface area contributed by atoms with Crippen molar-refractivity contribution in [3.63, 3.8) is 0 Å². The van der Waals surface area contributed by atoms with Crippen LogP contribution in [0, 0.1) is 12.3 Å². The van der Waals surface area contributed by atoms with Crippen LogP contribution in [0.25, 0.3) is 0 Å². The molecule has 104 valence electrons. The molecule has 2 rings (SSSR count). The second-order valence-electron chi connectivity index (χ2n) is 4.10. The van der Waals surface area contributed by atoms with Crippen LogP contribution in [0.15, 0.2) is 30.3 Å². The summed E-state index contributed by atoms with van der Waals surface area (Å²) >= 11 is 0. The van der Waals surface area contributed by atoms with Gasteiger partial charge in [0, 0.05) is 5.69 Å². The summed E-state index contributed by atoms with van der Waals surface area (Å²) in [7, 11) is 0. The smallest absolute Gasteiger partial charge is 0.322 e. The standard InChI is InChI=1S/C14H16N4O2/c1-3-19-10-4-6-11(7-5-10)20-14-17-9(2)8-12(18-14)13(15)16/h4-8H,3H2,1-2H3,(H3,15,16). The van der Waals surface area contributed by atoms with Gasteiger partial charge in [-0.1, -0.05) is 0 Å². The van der Waals surface area contributed by atoms with Crippen LogP contribution in [0.4, 0.5) is 0 Å². The van der Waals surface area contributed by atoms with E-state index >= 15 is 0 Å². The van der Waals surface area contributed by atoms with E-state index in [1.54, 1.807) is 37.3 Å². The fourth-order valence-corrected chi connectivity index (χ4v) is 1.60. The van der Waals surface area contributed by atoms with Crippen molar-refractivity contribution in [2.75, 3.05) is 6.61 Å². The maximum atomic E-state index is 7.40. The normalized spacial score (nSPS) is 10.1. The summed E-state index contributed by atoms with van der Waals surface area (Å²) in [4.78, 5) is 8.23. The number of nitrogens with two attached hydrogens (primary N) is 1. The van der Waals surface area contributed by atoms with Crippen LogP contribution in [0.3, 0.4) is 0 Å². The second kappa shape index (κ2) is 6.01. The Morgan fingerprint density at radius 1 is 1.20 bits per heavy atom. The summed E-state index contributed by atoms with van der Waals surface area (Å²) in [5.74, 6) is 1.25. The molecule has 0 spiro atoms. The number of nitrogens with one attached hydrogen (secondary N) is 1. The zero-order valence-corrected chi connectivity index (χ0v) is 11.4. The van der Waals surface area contributed by atoms with Crippen LogP contribution in [-0.4, -0.2) is 22.4 Å². The van der Waals surface area contributed by atoms with Crippen LogP contribution < -0.4 is 15.2 Å². The summed E-state index contributed by atoms with van der Waals surface area (Å²) in [5, 5.41) is 7.40. The van der Waals surface area contributed by atoms with Gasteiger partial charge in [0.15, 0.2) is 0 Å². The number of nitrogen functional groups attached to an aromatic ring is 1. The van der Waals surface area contributed by atoms with Crippen molar-refractivity contribution in [3.8, 4) is 17.5 Å². The van der Waals surface area contributed by atoms with E-state index in [2.05, 4.69) is 9.97 Å². The molecule has 0 bridgehead atoms. The minimum Gasteiger partial charge on any atom is -0.494 e. The van der Waals surface area contributed by atoms with Crippen molar-refractivity contribution in [1.29, 1.82) is 5.41 Å². The maximum Gasteiger partial charge on any atom is 0.322 e. The van der Waals surface area contributed by atoms with Crippen molar-refractivity contribution in [1.82, 2.24) is 9.97 Å². The quantitative estimate of drug-likeness (QED) is 0.643. The number of hydrogen-bond donors (Lipinski definition) is 2. The van der Waals surface area contributed by atoms with Crippen LogP contribution in [-0.2, 0) is 0 Å². The Morgan fingerprint density at radius 3 is 2.45 bits per heavy atom. The Labute approximate surface area is 117 Å². The minimum absolute atomic E-state index is 0.118. The molecule has 0 atom stereocenters. The number of nitrogens with zero attached hydrogens (tertiary/aromatic N) is 2. The van der Waals surface area contributed by atoms with E-state index in [4.69, 9.17) is 20.6 Å². The highest BCUT2D eigenvalue weighted by atomic mass is 16.5. The summed E-state index contributed by atoms with van der Waals surface area (Å²) in [6.07, 6.45) is 0. The van der Waals surface area contributed by atoms with E-state index in [9.17, 15) is 0 Å². The number of aromatic nitrogens is 2. The fourth-order valence-electron chi connectivity index (χ4n) is 1.60. The zero-order valence-electron chi connectivity index (χ0n) is 11.4. The molecule has 0 aliphatic carbocycles. The van der Waals surface area contributed by atoms with E-state index < -0.39 is 0 Å². The van der Waals surface area contributed by atoms with Crippen molar-refractivity contribution >= 4 is 5.84 Å². The first-order chi connectivity index (χ1) is 9.58. The van der Waals surface area contributed by atoms with Gasteiger partial charge in [-0.05, 0) is 44.2 Å². The van der Waals surface area contributed by atoms with Gasteiger partial charge in [0.1, 0.15) is 23.0 Å². The summed E-state index contributed by atoms with van der Waals surface area (Å²) < 4.78 is 10.9. The summed E-state index contributed by atoms with van der Waals surface area (Å²) in [6, 6.07) is 8.95. The van der Waals surface area contributed by atoms with E-state index in [0.717, 1.165) is 5.75 Å². The molecule has 1 heterocycles. The van der Waals surface area contributed by atoms with Gasteiger partial charge in [0.2, 0.25) is 0 Å². The molecule has 20 heavy (non-hydrogen) atoms. The molecule has 0 radical (unpaired) electrons. The van der Waals surface area contributed by atoms with Crippen molar-refractivity contribution < 1.29 is 9.47 Å². The van der Waals surface area contributed by atoms with E-state index in [-0.39, 0.29) is 11.8 Å². The molecule has 2 aromatic rings. The average molecular weight is 272 g/mol. The summed E-state index contributed by atoms with van der Waals surface area (Å²) in [6.45, 7) is 4.33. The predicted octanol–water partition coefficient (Wildman–Crippen LogP) is 2.26. The molecule has 0 fully saturated rings. The monoisotopic (exact) mass is 272 g/mol. The number of hydrogen-bond acceptors (Lipinski definition) is 5. The second-order valence-corrected chi connectivity index (χ2v) is 4.10. The molecule has 0 amide bonds. The Hall–Kier alpha value is -2.63. The van der Waals surface area contributed by atoms with Crippen molar-refractivity contribution in [2.45, 2.75) is 13.8 Å². The lowest BCUT2D eigenvalue weighted by Gasteiger charge is -2.07. The summed E-state index contributed by atoms with van der Waals surface area (Å²) in [5.41, 5.74) is 6.45. The maximum absolute atomic E-state index is 7.40.